The zero-order valence-electron chi connectivity index (χ0n) is 33.9. The number of rotatable bonds is 34. The summed E-state index contributed by atoms with van der Waals surface area (Å²) < 4.78 is 16.5. The highest BCUT2D eigenvalue weighted by atomic mass is 16.6. The summed E-state index contributed by atoms with van der Waals surface area (Å²) in [5.74, 6) is -0.648. The van der Waals surface area contributed by atoms with Crippen molar-refractivity contribution in [2.24, 2.45) is 0 Å². The fourth-order valence-electron chi connectivity index (χ4n) is 5.87. The van der Waals surface area contributed by atoms with Gasteiger partial charge in [-0.2, -0.15) is 0 Å². The molecule has 8 heteroatoms. The Morgan fingerprint density at radius 2 is 1.02 bits per heavy atom. The van der Waals surface area contributed by atoms with Crippen LogP contribution < -0.4 is 5.32 Å². The van der Waals surface area contributed by atoms with E-state index in [0.29, 0.717) is 12.8 Å². The number of hydrogen-bond donors (Lipinski definition) is 1. The summed E-state index contributed by atoms with van der Waals surface area (Å²) in [6, 6.07) is 0.0302. The van der Waals surface area contributed by atoms with E-state index >= 15 is 0 Å². The minimum Gasteiger partial charge on any atom is -0.462 e. The van der Waals surface area contributed by atoms with Gasteiger partial charge in [-0.1, -0.05) is 133 Å². The Bertz CT molecular complexity index is 1060. The van der Waals surface area contributed by atoms with Gasteiger partial charge in [0.15, 0.2) is 6.10 Å². The maximum atomic E-state index is 12.5. The van der Waals surface area contributed by atoms with Crippen molar-refractivity contribution in [3.63, 3.8) is 0 Å². The summed E-state index contributed by atoms with van der Waals surface area (Å²) in [4.78, 5) is 39.7. The largest absolute Gasteiger partial charge is 0.462 e. The number of carbonyl (C=O) groups is 3. The zero-order valence-corrected chi connectivity index (χ0v) is 33.9. The van der Waals surface area contributed by atoms with Crippen LogP contribution in [0.1, 0.15) is 162 Å². The summed E-state index contributed by atoms with van der Waals surface area (Å²) in [7, 11) is 0. The Morgan fingerprint density at radius 3 is 1.49 bits per heavy atom. The molecule has 8 nitrogen and oxygen atoms in total. The number of allylic oxidation sites excluding steroid dienone is 10. The van der Waals surface area contributed by atoms with Gasteiger partial charge in [-0.3, -0.25) is 14.5 Å². The molecule has 0 spiro atoms. The van der Waals surface area contributed by atoms with Gasteiger partial charge in [0, 0.05) is 25.9 Å². The van der Waals surface area contributed by atoms with Gasteiger partial charge in [0.25, 0.3) is 0 Å². The highest BCUT2D eigenvalue weighted by Crippen LogP contribution is 2.12. The minimum absolute atomic E-state index is 0.0302. The first-order valence-electron chi connectivity index (χ1n) is 21.2. The molecule has 1 heterocycles. The highest BCUT2D eigenvalue weighted by molar-refractivity contribution is 5.70. The van der Waals surface area contributed by atoms with Crippen molar-refractivity contribution in [3.8, 4) is 0 Å². The minimum atomic E-state index is -0.851. The molecule has 1 rings (SSSR count). The lowest BCUT2D eigenvalue weighted by atomic mass is 10.1. The van der Waals surface area contributed by atoms with Crippen LogP contribution in [0.25, 0.3) is 0 Å². The number of esters is 2. The molecule has 1 amide bonds. The molecule has 53 heavy (non-hydrogen) atoms. The average molecular weight is 741 g/mol. The maximum Gasteiger partial charge on any atom is 0.407 e. The van der Waals surface area contributed by atoms with Crippen molar-refractivity contribution in [3.05, 3.63) is 60.8 Å². The van der Waals surface area contributed by atoms with Gasteiger partial charge in [0.1, 0.15) is 13.2 Å². The normalized spacial score (nSPS) is 14.5. The first-order chi connectivity index (χ1) is 26.0. The van der Waals surface area contributed by atoms with Gasteiger partial charge < -0.3 is 19.5 Å². The Labute approximate surface area is 323 Å². The van der Waals surface area contributed by atoms with E-state index in [9.17, 15) is 14.4 Å². The van der Waals surface area contributed by atoms with Gasteiger partial charge in [0.2, 0.25) is 0 Å². The second-order valence-electron chi connectivity index (χ2n) is 14.2. The molecule has 1 fully saturated rings. The quantitative estimate of drug-likeness (QED) is 0.0304. The lowest BCUT2D eigenvalue weighted by molar-refractivity contribution is -0.152. The van der Waals surface area contributed by atoms with Crippen molar-refractivity contribution < 1.29 is 28.6 Å². The van der Waals surface area contributed by atoms with Crippen molar-refractivity contribution in [2.45, 2.75) is 174 Å². The van der Waals surface area contributed by atoms with Crippen molar-refractivity contribution in [2.75, 3.05) is 32.8 Å². The molecule has 0 saturated carbocycles. The molecule has 1 aliphatic heterocycles. The number of unbranched alkanes of at least 4 members (excludes halogenated alkanes) is 13. The van der Waals surface area contributed by atoms with E-state index in [1.54, 1.807) is 0 Å². The summed E-state index contributed by atoms with van der Waals surface area (Å²) in [5, 5.41) is 2.85. The molecule has 1 N–H and O–H groups in total. The summed E-state index contributed by atoms with van der Waals surface area (Å²) in [6.45, 7) is 8.68. The zero-order chi connectivity index (χ0) is 38.5. The van der Waals surface area contributed by atoms with Crippen LogP contribution >= 0.6 is 0 Å². The number of likely N-dealkylation sites (tertiary alicyclic amines) is 1. The molecule has 0 radical (unpaired) electrons. The fourth-order valence-corrected chi connectivity index (χ4v) is 5.87. The van der Waals surface area contributed by atoms with Crippen LogP contribution in [0.2, 0.25) is 0 Å². The Balaban J connectivity index is 2.23. The first kappa shape index (κ1) is 47.9. The van der Waals surface area contributed by atoms with E-state index in [1.807, 2.05) is 0 Å². The predicted molar refractivity (Wildman–Crippen MR) is 220 cm³/mol. The molecule has 1 atom stereocenters. The second kappa shape index (κ2) is 35.9. The Hall–Kier alpha value is -3.13. The number of likely N-dealkylation sites (N-methyl/N-ethyl adjacent to an activating group) is 1. The monoisotopic (exact) mass is 741 g/mol. The van der Waals surface area contributed by atoms with E-state index in [-0.39, 0.29) is 31.2 Å². The van der Waals surface area contributed by atoms with Crippen molar-refractivity contribution in [1.82, 2.24) is 10.2 Å². The third kappa shape index (κ3) is 31.0. The van der Waals surface area contributed by atoms with Crippen LogP contribution in [0.3, 0.4) is 0 Å². The summed E-state index contributed by atoms with van der Waals surface area (Å²) in [6.07, 6.45) is 43.1. The molecule has 0 aliphatic carbocycles. The Morgan fingerprint density at radius 1 is 0.585 bits per heavy atom. The van der Waals surface area contributed by atoms with Crippen molar-refractivity contribution in [1.29, 1.82) is 0 Å². The second-order valence-corrected chi connectivity index (χ2v) is 14.2. The van der Waals surface area contributed by atoms with E-state index < -0.39 is 12.2 Å². The number of nitrogens with one attached hydrogen (secondary N) is 1. The van der Waals surface area contributed by atoms with E-state index in [4.69, 9.17) is 14.2 Å². The standard InChI is InChI=1S/C45H76N2O6/c1-4-7-9-11-13-15-17-19-21-23-25-27-29-31-33-35-43(48)51-39-42(53-45(50)46-41-37-47(6-3)38-41)40-52-44(49)36-34-32-30-28-26-24-22-20-18-16-14-12-10-8-5-2/h7,9,13-16,19-22,41-42H,4-6,8,10-12,17-18,23-40H2,1-3H3,(H,46,50)/b9-7-,15-13-,16-14-,21-19-,22-20-. The molecule has 1 saturated heterocycles. The van der Waals surface area contributed by atoms with Crippen LogP contribution in [-0.4, -0.2) is 67.9 Å². The first-order valence-corrected chi connectivity index (χ1v) is 21.2. The van der Waals surface area contributed by atoms with Gasteiger partial charge in [-0.15, -0.1) is 0 Å². The molecule has 1 aliphatic rings. The molecular weight excluding hydrogens is 665 g/mol. The molecular formula is C45H76N2O6. The third-order valence-electron chi connectivity index (χ3n) is 9.22. The molecule has 1 unspecified atom stereocenters. The average Bonchev–Trinajstić information content (AvgIpc) is 3.13. The number of hydrogen-bond acceptors (Lipinski definition) is 7. The van der Waals surface area contributed by atoms with E-state index in [0.717, 1.165) is 122 Å². The number of ether oxygens (including phenoxy) is 3. The predicted octanol–water partition coefficient (Wildman–Crippen LogP) is 11.3. The van der Waals surface area contributed by atoms with Crippen LogP contribution in [-0.2, 0) is 23.8 Å². The lowest BCUT2D eigenvalue weighted by Gasteiger charge is -2.38. The highest BCUT2D eigenvalue weighted by Gasteiger charge is 2.28. The summed E-state index contributed by atoms with van der Waals surface area (Å²) >= 11 is 0. The number of nitrogens with zero attached hydrogens (tertiary/aromatic N) is 1. The smallest absolute Gasteiger partial charge is 0.407 e. The Kier molecular flexibility index (Phi) is 32.4. The molecule has 0 bridgehead atoms. The SMILES string of the molecule is CC/C=C\C/C=C\C/C=C\CCCCCCCC(=O)OCC(COC(=O)CCCCCCC/C=C\C/C=C\CCCCC)OC(=O)NC1CN(CC)C1. The van der Waals surface area contributed by atoms with Gasteiger partial charge >= 0.3 is 18.0 Å². The van der Waals surface area contributed by atoms with Crippen molar-refractivity contribution >= 4 is 18.0 Å². The van der Waals surface area contributed by atoms with Crippen LogP contribution in [0, 0.1) is 0 Å². The molecule has 0 aromatic heterocycles. The molecule has 0 aromatic carbocycles. The van der Waals surface area contributed by atoms with Gasteiger partial charge in [0.05, 0.1) is 6.04 Å². The molecule has 0 aromatic rings. The number of carbonyl (C=O) groups excluding carboxylic acids is 3. The van der Waals surface area contributed by atoms with E-state index in [2.05, 4.69) is 91.7 Å². The van der Waals surface area contributed by atoms with Gasteiger partial charge in [-0.05, 0) is 83.6 Å². The molecule has 302 valence electrons. The van der Waals surface area contributed by atoms with Crippen LogP contribution in [0.15, 0.2) is 60.8 Å². The topological polar surface area (TPSA) is 94.2 Å². The lowest BCUT2D eigenvalue weighted by Crippen LogP contribution is -2.59. The van der Waals surface area contributed by atoms with Crippen LogP contribution in [0.4, 0.5) is 4.79 Å². The number of amides is 1. The third-order valence-corrected chi connectivity index (χ3v) is 9.22. The van der Waals surface area contributed by atoms with Gasteiger partial charge in [-0.25, -0.2) is 4.79 Å². The summed E-state index contributed by atoms with van der Waals surface area (Å²) in [5.41, 5.74) is 0. The number of alkyl carbamates (subject to hydrolysis) is 1. The fraction of sp³-hybridized carbons (Fsp3) is 0.711. The maximum absolute atomic E-state index is 12.5. The van der Waals surface area contributed by atoms with Crippen LogP contribution in [0.5, 0.6) is 0 Å². The van der Waals surface area contributed by atoms with E-state index in [1.165, 1.54) is 25.7 Å².